The number of carbonyl (C=O) groups is 2. The van der Waals surface area contributed by atoms with Gasteiger partial charge in [0.25, 0.3) is 5.91 Å². The second-order valence-electron chi connectivity index (χ2n) is 7.20. The summed E-state index contributed by atoms with van der Waals surface area (Å²) in [6.45, 7) is 5.45. The van der Waals surface area contributed by atoms with Gasteiger partial charge in [0.05, 0.1) is 0 Å². The summed E-state index contributed by atoms with van der Waals surface area (Å²) in [5.41, 5.74) is 3.52. The van der Waals surface area contributed by atoms with Crippen LogP contribution in [0.25, 0.3) is 0 Å². The summed E-state index contributed by atoms with van der Waals surface area (Å²) in [6, 6.07) is 12.5. The summed E-state index contributed by atoms with van der Waals surface area (Å²) in [6.07, 6.45) is 1.03. The molecule has 0 unspecified atom stereocenters. The van der Waals surface area contributed by atoms with Crippen molar-refractivity contribution in [1.29, 1.82) is 0 Å². The van der Waals surface area contributed by atoms with Crippen LogP contribution in [0, 0.1) is 12.7 Å². The summed E-state index contributed by atoms with van der Waals surface area (Å²) in [7, 11) is 0. The van der Waals surface area contributed by atoms with Gasteiger partial charge in [-0.15, -0.1) is 0 Å². The Morgan fingerprint density at radius 1 is 1.00 bits per heavy atom. The van der Waals surface area contributed by atoms with Crippen LogP contribution in [0.2, 0.25) is 0 Å². The fourth-order valence-electron chi connectivity index (χ4n) is 3.32. The lowest BCUT2D eigenvalue weighted by atomic mass is 10.00. The normalized spacial score (nSPS) is 13.4. The highest BCUT2D eigenvalue weighted by atomic mass is 19.1. The third kappa shape index (κ3) is 6.02. The van der Waals surface area contributed by atoms with Gasteiger partial charge in [-0.05, 0) is 42.2 Å². The first-order valence-electron chi connectivity index (χ1n) is 9.88. The van der Waals surface area contributed by atoms with Crippen LogP contribution in [0.5, 0.6) is 0 Å². The van der Waals surface area contributed by atoms with Gasteiger partial charge >= 0.3 is 6.03 Å². The number of hydrogen-bond acceptors (Lipinski definition) is 3. The number of nitrogens with one attached hydrogen (secondary N) is 3. The molecule has 3 N–H and O–H groups in total. The van der Waals surface area contributed by atoms with Gasteiger partial charge in [-0.25, -0.2) is 9.18 Å². The van der Waals surface area contributed by atoms with Crippen molar-refractivity contribution in [2.24, 2.45) is 0 Å². The number of amides is 3. The number of benzene rings is 2. The van der Waals surface area contributed by atoms with E-state index in [1.165, 1.54) is 17.2 Å². The highest BCUT2D eigenvalue weighted by molar-refractivity contribution is 5.94. The molecule has 0 saturated carbocycles. The number of carbonyl (C=O) groups excluding carboxylic acids is 2. The lowest BCUT2D eigenvalue weighted by molar-refractivity contribution is 0.0953. The summed E-state index contributed by atoms with van der Waals surface area (Å²) in [5.74, 6) is -0.774. The van der Waals surface area contributed by atoms with Gasteiger partial charge in [-0.2, -0.15) is 0 Å². The SMILES string of the molecule is Cc1ccc(C(=O)NCCNC(=O)NCCN2CCc3ccccc3C2)cc1F. The summed E-state index contributed by atoms with van der Waals surface area (Å²) < 4.78 is 13.5. The molecule has 7 heteroatoms. The molecule has 1 aliphatic rings. The van der Waals surface area contributed by atoms with E-state index in [0.29, 0.717) is 18.7 Å². The highest BCUT2D eigenvalue weighted by Gasteiger charge is 2.15. The van der Waals surface area contributed by atoms with Crippen LogP contribution in [0.4, 0.5) is 9.18 Å². The van der Waals surface area contributed by atoms with Gasteiger partial charge in [0, 0.05) is 44.8 Å². The molecule has 6 nitrogen and oxygen atoms in total. The van der Waals surface area contributed by atoms with Gasteiger partial charge in [0.15, 0.2) is 0 Å². The van der Waals surface area contributed by atoms with Crippen molar-refractivity contribution in [3.63, 3.8) is 0 Å². The highest BCUT2D eigenvalue weighted by Crippen LogP contribution is 2.17. The molecule has 0 aromatic heterocycles. The molecule has 3 rings (SSSR count). The molecule has 0 radical (unpaired) electrons. The van der Waals surface area contributed by atoms with E-state index in [1.54, 1.807) is 19.1 Å². The molecule has 0 saturated heterocycles. The number of nitrogens with zero attached hydrogens (tertiary/aromatic N) is 1. The molecule has 0 fully saturated rings. The molecule has 0 aliphatic carbocycles. The van der Waals surface area contributed by atoms with E-state index >= 15 is 0 Å². The zero-order chi connectivity index (χ0) is 20.6. The average molecular weight is 398 g/mol. The Bertz CT molecular complexity index is 872. The number of halogens is 1. The summed E-state index contributed by atoms with van der Waals surface area (Å²) in [5, 5.41) is 8.20. The van der Waals surface area contributed by atoms with Crippen LogP contribution in [-0.4, -0.2) is 49.6 Å². The molecular weight excluding hydrogens is 371 g/mol. The van der Waals surface area contributed by atoms with Gasteiger partial charge in [-0.3, -0.25) is 9.69 Å². The van der Waals surface area contributed by atoms with E-state index in [-0.39, 0.29) is 24.0 Å². The van der Waals surface area contributed by atoms with Gasteiger partial charge < -0.3 is 16.0 Å². The Balaban J connectivity index is 1.28. The second kappa shape index (κ2) is 10.0. The first kappa shape index (κ1) is 20.8. The number of hydrogen-bond donors (Lipinski definition) is 3. The topological polar surface area (TPSA) is 73.5 Å². The molecule has 154 valence electrons. The lowest BCUT2D eigenvalue weighted by Crippen LogP contribution is -2.43. The first-order valence-corrected chi connectivity index (χ1v) is 9.88. The van der Waals surface area contributed by atoms with E-state index in [2.05, 4.69) is 45.1 Å². The molecule has 0 atom stereocenters. The Hall–Kier alpha value is -2.93. The fourth-order valence-corrected chi connectivity index (χ4v) is 3.32. The van der Waals surface area contributed by atoms with Crippen molar-refractivity contribution in [1.82, 2.24) is 20.9 Å². The summed E-state index contributed by atoms with van der Waals surface area (Å²) >= 11 is 0. The third-order valence-corrected chi connectivity index (χ3v) is 5.05. The third-order valence-electron chi connectivity index (χ3n) is 5.05. The van der Waals surface area contributed by atoms with Crippen LogP contribution >= 0.6 is 0 Å². The molecule has 0 spiro atoms. The Morgan fingerprint density at radius 3 is 2.52 bits per heavy atom. The first-order chi connectivity index (χ1) is 14.0. The van der Waals surface area contributed by atoms with Crippen LogP contribution in [0.1, 0.15) is 27.0 Å². The quantitative estimate of drug-likeness (QED) is 0.626. The Kier molecular flexibility index (Phi) is 7.19. The molecular formula is C22H27FN4O2. The Morgan fingerprint density at radius 2 is 1.72 bits per heavy atom. The lowest BCUT2D eigenvalue weighted by Gasteiger charge is -2.28. The van der Waals surface area contributed by atoms with Crippen LogP contribution in [0.15, 0.2) is 42.5 Å². The zero-order valence-electron chi connectivity index (χ0n) is 16.6. The molecule has 1 aliphatic heterocycles. The van der Waals surface area contributed by atoms with E-state index in [9.17, 15) is 14.0 Å². The largest absolute Gasteiger partial charge is 0.350 e. The standard InChI is InChI=1S/C22H27FN4O2/c1-16-6-7-18(14-20(16)23)21(28)24-9-10-25-22(29)26-11-13-27-12-8-17-4-2-3-5-19(17)15-27/h2-7,14H,8-13,15H2,1H3,(H,24,28)(H2,25,26,29). The Labute approximate surface area is 170 Å². The monoisotopic (exact) mass is 398 g/mol. The van der Waals surface area contributed by atoms with E-state index < -0.39 is 5.82 Å². The van der Waals surface area contributed by atoms with Gasteiger partial charge in [-0.1, -0.05) is 30.3 Å². The predicted molar refractivity (Wildman–Crippen MR) is 110 cm³/mol. The minimum atomic E-state index is -0.410. The van der Waals surface area contributed by atoms with E-state index in [4.69, 9.17) is 0 Å². The maximum absolute atomic E-state index is 13.5. The number of fused-ring (bicyclic) bond motifs is 1. The maximum atomic E-state index is 13.5. The molecule has 3 amide bonds. The molecule has 2 aromatic rings. The van der Waals surface area contributed by atoms with Crippen molar-refractivity contribution in [2.45, 2.75) is 19.9 Å². The average Bonchev–Trinajstić information content (AvgIpc) is 2.73. The van der Waals surface area contributed by atoms with Crippen molar-refractivity contribution in [2.75, 3.05) is 32.7 Å². The minimum absolute atomic E-state index is 0.264. The van der Waals surface area contributed by atoms with E-state index in [1.807, 2.05) is 0 Å². The molecule has 0 bridgehead atoms. The summed E-state index contributed by atoms with van der Waals surface area (Å²) in [4.78, 5) is 26.2. The van der Waals surface area contributed by atoms with Crippen LogP contribution < -0.4 is 16.0 Å². The molecule has 1 heterocycles. The minimum Gasteiger partial charge on any atom is -0.350 e. The fraction of sp³-hybridized carbons (Fsp3) is 0.364. The number of rotatable bonds is 7. The maximum Gasteiger partial charge on any atom is 0.314 e. The second-order valence-corrected chi connectivity index (χ2v) is 7.20. The predicted octanol–water partition coefficient (Wildman–Crippen LogP) is 2.22. The van der Waals surface area contributed by atoms with Crippen LogP contribution in [-0.2, 0) is 13.0 Å². The number of urea groups is 1. The van der Waals surface area contributed by atoms with Crippen molar-refractivity contribution < 1.29 is 14.0 Å². The molecule has 29 heavy (non-hydrogen) atoms. The van der Waals surface area contributed by atoms with E-state index in [0.717, 1.165) is 26.1 Å². The van der Waals surface area contributed by atoms with Crippen molar-refractivity contribution >= 4 is 11.9 Å². The number of aryl methyl sites for hydroxylation is 1. The van der Waals surface area contributed by atoms with Crippen molar-refractivity contribution in [3.05, 3.63) is 70.5 Å². The zero-order valence-corrected chi connectivity index (χ0v) is 16.6. The van der Waals surface area contributed by atoms with Crippen molar-refractivity contribution in [3.8, 4) is 0 Å². The smallest absolute Gasteiger partial charge is 0.314 e. The van der Waals surface area contributed by atoms with Gasteiger partial charge in [0.2, 0.25) is 0 Å². The van der Waals surface area contributed by atoms with Crippen LogP contribution in [0.3, 0.4) is 0 Å². The molecule has 2 aromatic carbocycles. The van der Waals surface area contributed by atoms with Gasteiger partial charge in [0.1, 0.15) is 5.82 Å².